The lowest BCUT2D eigenvalue weighted by Crippen LogP contribution is -2.44. The molecule has 2 aromatic rings. The summed E-state index contributed by atoms with van der Waals surface area (Å²) in [6.45, 7) is 0.817. The summed E-state index contributed by atoms with van der Waals surface area (Å²) in [6.07, 6.45) is 2.09. The SMILES string of the molecule is CN(C)CC(Cc1ccccc1)NC(=O)COc1ccc(C2SCCCS2)cc1. The normalized spacial score (nSPS) is 15.8. The van der Waals surface area contributed by atoms with E-state index in [-0.39, 0.29) is 18.6 Å². The Hall–Kier alpha value is -1.63. The zero-order chi connectivity index (χ0) is 20.5. The van der Waals surface area contributed by atoms with Crippen LogP contribution in [0.4, 0.5) is 0 Å². The number of hydrogen-bond donors (Lipinski definition) is 1. The molecule has 1 amide bonds. The molecule has 156 valence electrons. The fraction of sp³-hybridized carbons (Fsp3) is 0.435. The molecule has 1 saturated heterocycles. The van der Waals surface area contributed by atoms with Gasteiger partial charge in [-0.3, -0.25) is 4.79 Å². The Balaban J connectivity index is 1.49. The smallest absolute Gasteiger partial charge is 0.258 e. The van der Waals surface area contributed by atoms with E-state index in [9.17, 15) is 4.79 Å². The van der Waals surface area contributed by atoms with Crippen LogP contribution in [0.25, 0.3) is 0 Å². The van der Waals surface area contributed by atoms with Crippen LogP contribution in [0.1, 0.15) is 22.1 Å². The molecule has 3 rings (SSSR count). The molecule has 0 aromatic heterocycles. The monoisotopic (exact) mass is 430 g/mol. The number of nitrogens with one attached hydrogen (secondary N) is 1. The summed E-state index contributed by atoms with van der Waals surface area (Å²) >= 11 is 4.01. The Kier molecular flexibility index (Phi) is 8.77. The molecule has 0 radical (unpaired) electrons. The number of nitrogens with zero attached hydrogens (tertiary/aromatic N) is 1. The highest BCUT2D eigenvalue weighted by Crippen LogP contribution is 2.43. The van der Waals surface area contributed by atoms with E-state index in [4.69, 9.17) is 4.74 Å². The molecule has 0 spiro atoms. The predicted octanol–water partition coefficient (Wildman–Crippen LogP) is 4.22. The Bertz CT molecular complexity index is 747. The molecule has 1 atom stereocenters. The van der Waals surface area contributed by atoms with Crippen LogP contribution in [-0.4, -0.2) is 55.6 Å². The minimum atomic E-state index is -0.0877. The van der Waals surface area contributed by atoms with E-state index in [1.165, 1.54) is 29.1 Å². The van der Waals surface area contributed by atoms with Crippen LogP contribution in [-0.2, 0) is 11.2 Å². The zero-order valence-electron chi connectivity index (χ0n) is 17.2. The summed E-state index contributed by atoms with van der Waals surface area (Å²) in [5, 5.41) is 3.12. The van der Waals surface area contributed by atoms with Crippen LogP contribution in [0, 0.1) is 0 Å². The van der Waals surface area contributed by atoms with Crippen molar-refractivity contribution in [1.82, 2.24) is 10.2 Å². The summed E-state index contributed by atoms with van der Waals surface area (Å²) < 4.78 is 6.25. The lowest BCUT2D eigenvalue weighted by atomic mass is 10.1. The molecule has 6 heteroatoms. The summed E-state index contributed by atoms with van der Waals surface area (Å²) in [5.74, 6) is 3.11. The Morgan fingerprint density at radius 2 is 1.79 bits per heavy atom. The minimum Gasteiger partial charge on any atom is -0.484 e. The van der Waals surface area contributed by atoms with E-state index < -0.39 is 0 Å². The second kappa shape index (κ2) is 11.5. The van der Waals surface area contributed by atoms with Gasteiger partial charge in [-0.05, 0) is 61.7 Å². The zero-order valence-corrected chi connectivity index (χ0v) is 18.8. The van der Waals surface area contributed by atoms with Crippen LogP contribution < -0.4 is 10.1 Å². The van der Waals surface area contributed by atoms with Crippen molar-refractivity contribution in [2.45, 2.75) is 23.5 Å². The van der Waals surface area contributed by atoms with Crippen LogP contribution in [0.3, 0.4) is 0 Å². The summed E-state index contributed by atoms with van der Waals surface area (Å²) in [5.41, 5.74) is 2.54. The van der Waals surface area contributed by atoms with Gasteiger partial charge in [0, 0.05) is 12.6 Å². The third kappa shape index (κ3) is 7.61. The maximum atomic E-state index is 12.5. The molecular weight excluding hydrogens is 400 g/mol. The molecule has 1 aliphatic heterocycles. The van der Waals surface area contributed by atoms with Crippen LogP contribution in [0.2, 0.25) is 0 Å². The van der Waals surface area contributed by atoms with Crippen molar-refractivity contribution in [3.8, 4) is 5.75 Å². The van der Waals surface area contributed by atoms with Crippen molar-refractivity contribution in [3.63, 3.8) is 0 Å². The lowest BCUT2D eigenvalue weighted by Gasteiger charge is -2.23. The molecule has 1 aliphatic rings. The molecule has 1 fully saturated rings. The second-order valence-electron chi connectivity index (χ2n) is 7.50. The van der Waals surface area contributed by atoms with Crippen LogP contribution in [0.15, 0.2) is 54.6 Å². The number of ether oxygens (including phenoxy) is 1. The van der Waals surface area contributed by atoms with Gasteiger partial charge in [-0.2, -0.15) is 0 Å². The molecule has 0 bridgehead atoms. The van der Waals surface area contributed by atoms with Gasteiger partial charge in [0.1, 0.15) is 5.75 Å². The van der Waals surface area contributed by atoms with E-state index in [1.54, 1.807) is 0 Å². The van der Waals surface area contributed by atoms with Crippen molar-refractivity contribution >= 4 is 29.4 Å². The molecule has 2 aromatic carbocycles. The first-order valence-electron chi connectivity index (χ1n) is 10.0. The Labute approximate surface area is 182 Å². The van der Waals surface area contributed by atoms with Gasteiger partial charge < -0.3 is 15.0 Å². The molecule has 1 heterocycles. The number of carbonyl (C=O) groups excluding carboxylic acids is 1. The molecule has 0 aliphatic carbocycles. The first-order chi connectivity index (χ1) is 14.1. The number of rotatable bonds is 9. The topological polar surface area (TPSA) is 41.6 Å². The minimum absolute atomic E-state index is 0.0327. The van der Waals surface area contributed by atoms with E-state index in [1.807, 2.05) is 68.0 Å². The molecule has 4 nitrogen and oxygen atoms in total. The summed E-state index contributed by atoms with van der Waals surface area (Å²) in [6, 6.07) is 18.5. The predicted molar refractivity (Wildman–Crippen MR) is 125 cm³/mol. The van der Waals surface area contributed by atoms with Crippen LogP contribution >= 0.6 is 23.5 Å². The van der Waals surface area contributed by atoms with Gasteiger partial charge in [-0.15, -0.1) is 23.5 Å². The van der Waals surface area contributed by atoms with Crippen molar-refractivity contribution in [1.29, 1.82) is 0 Å². The quantitative estimate of drug-likeness (QED) is 0.645. The van der Waals surface area contributed by atoms with E-state index in [0.29, 0.717) is 4.58 Å². The molecule has 1 unspecified atom stereocenters. The van der Waals surface area contributed by atoms with Crippen molar-refractivity contribution in [2.24, 2.45) is 0 Å². The fourth-order valence-corrected chi connectivity index (χ4v) is 6.21. The number of likely N-dealkylation sites (N-methyl/N-ethyl adjacent to an activating group) is 1. The van der Waals surface area contributed by atoms with Gasteiger partial charge in [0.15, 0.2) is 6.61 Å². The van der Waals surface area contributed by atoms with Gasteiger partial charge in [0.05, 0.1) is 4.58 Å². The van der Waals surface area contributed by atoms with Crippen molar-refractivity contribution < 1.29 is 9.53 Å². The summed E-state index contributed by atoms with van der Waals surface area (Å²) in [4.78, 5) is 14.5. The van der Waals surface area contributed by atoms with Crippen LogP contribution in [0.5, 0.6) is 5.75 Å². The van der Waals surface area contributed by atoms with Gasteiger partial charge in [0.25, 0.3) is 5.91 Å². The fourth-order valence-electron chi connectivity index (χ4n) is 3.32. The highest BCUT2D eigenvalue weighted by Gasteiger charge is 2.17. The Morgan fingerprint density at radius 3 is 2.45 bits per heavy atom. The first kappa shape index (κ1) is 22.1. The number of hydrogen-bond acceptors (Lipinski definition) is 5. The highest BCUT2D eigenvalue weighted by molar-refractivity contribution is 8.16. The average molecular weight is 431 g/mol. The lowest BCUT2D eigenvalue weighted by molar-refractivity contribution is -0.123. The maximum Gasteiger partial charge on any atom is 0.258 e. The van der Waals surface area contributed by atoms with Gasteiger partial charge in [-0.25, -0.2) is 0 Å². The largest absolute Gasteiger partial charge is 0.484 e. The van der Waals surface area contributed by atoms with E-state index in [2.05, 4.69) is 34.5 Å². The molecule has 0 saturated carbocycles. The van der Waals surface area contributed by atoms with Crippen molar-refractivity contribution in [3.05, 3.63) is 65.7 Å². The highest BCUT2D eigenvalue weighted by atomic mass is 32.2. The van der Waals surface area contributed by atoms with Gasteiger partial charge in [-0.1, -0.05) is 42.5 Å². The number of thioether (sulfide) groups is 2. The third-order valence-corrected chi connectivity index (χ3v) is 7.64. The van der Waals surface area contributed by atoms with Gasteiger partial charge in [0.2, 0.25) is 0 Å². The number of amides is 1. The summed E-state index contributed by atoms with van der Waals surface area (Å²) in [7, 11) is 4.04. The van der Waals surface area contributed by atoms with E-state index in [0.717, 1.165) is 18.7 Å². The average Bonchev–Trinajstić information content (AvgIpc) is 2.73. The van der Waals surface area contributed by atoms with Crippen molar-refractivity contribution in [2.75, 3.05) is 38.8 Å². The number of carbonyl (C=O) groups is 1. The molecule has 29 heavy (non-hydrogen) atoms. The maximum absolute atomic E-state index is 12.5. The molecule has 1 N–H and O–H groups in total. The second-order valence-corrected chi connectivity index (χ2v) is 10.2. The van der Waals surface area contributed by atoms with E-state index >= 15 is 0 Å². The number of benzene rings is 2. The first-order valence-corrected chi connectivity index (χ1v) is 12.1. The Morgan fingerprint density at radius 1 is 1.10 bits per heavy atom. The third-order valence-electron chi connectivity index (χ3n) is 4.62. The standard InChI is InChI=1S/C23H30N2O2S2/c1-25(2)16-20(15-18-7-4-3-5-8-18)24-22(26)17-27-21-11-9-19(10-12-21)23-28-13-6-14-29-23/h3-5,7-12,20,23H,6,13-17H2,1-2H3,(H,24,26). The molecular formula is C23H30N2O2S2. The van der Waals surface area contributed by atoms with Gasteiger partial charge >= 0.3 is 0 Å².